The summed E-state index contributed by atoms with van der Waals surface area (Å²) in [5, 5.41) is 15.2. The number of aromatic nitrogens is 1. The second-order valence-corrected chi connectivity index (χ2v) is 4.90. The highest BCUT2D eigenvalue weighted by Gasteiger charge is 2.17. The molecule has 1 aromatic heterocycles. The number of anilines is 1. The molecular formula is C14H15N3O3. The minimum atomic E-state index is -0.399. The Morgan fingerprint density at radius 2 is 2.35 bits per heavy atom. The summed E-state index contributed by atoms with van der Waals surface area (Å²) in [6.07, 6.45) is 2.65. The molecular weight excluding hydrogens is 258 g/mol. The standard InChI is InChI=1S/C14H15N3O3/c18-17(19)13-3-1-2-11-12(4-6-15-14(11)13)16-8-10-5-7-20-9-10/h1-4,6,10H,5,7-9H2,(H,15,16). The van der Waals surface area contributed by atoms with E-state index in [-0.39, 0.29) is 5.69 Å². The number of nitrogens with zero attached hydrogens (tertiary/aromatic N) is 2. The third-order valence-corrected chi connectivity index (χ3v) is 3.55. The fourth-order valence-corrected chi connectivity index (χ4v) is 2.46. The molecule has 0 amide bonds. The lowest BCUT2D eigenvalue weighted by molar-refractivity contribution is -0.383. The van der Waals surface area contributed by atoms with Crippen molar-refractivity contribution in [3.63, 3.8) is 0 Å². The van der Waals surface area contributed by atoms with Crippen LogP contribution in [0.3, 0.4) is 0 Å². The summed E-state index contributed by atoms with van der Waals surface area (Å²) in [5.41, 5.74) is 1.34. The SMILES string of the molecule is O=[N+]([O-])c1cccc2c(NCC3CCOC3)ccnc12. The average Bonchev–Trinajstić information content (AvgIpc) is 2.97. The number of nitro benzene ring substituents is 1. The fourth-order valence-electron chi connectivity index (χ4n) is 2.46. The number of nitro groups is 1. The van der Waals surface area contributed by atoms with Gasteiger partial charge in [-0.25, -0.2) is 4.98 Å². The first kappa shape index (κ1) is 12.8. The van der Waals surface area contributed by atoms with Crippen molar-refractivity contribution >= 4 is 22.3 Å². The predicted octanol–water partition coefficient (Wildman–Crippen LogP) is 2.59. The molecule has 0 aliphatic carbocycles. The van der Waals surface area contributed by atoms with Gasteiger partial charge in [0.2, 0.25) is 0 Å². The zero-order chi connectivity index (χ0) is 13.9. The second kappa shape index (κ2) is 5.42. The molecule has 0 radical (unpaired) electrons. The molecule has 6 nitrogen and oxygen atoms in total. The number of nitrogens with one attached hydrogen (secondary N) is 1. The van der Waals surface area contributed by atoms with E-state index in [1.807, 2.05) is 12.1 Å². The minimum absolute atomic E-state index is 0.0374. The Morgan fingerprint density at radius 1 is 1.45 bits per heavy atom. The van der Waals surface area contributed by atoms with E-state index in [4.69, 9.17) is 4.74 Å². The number of rotatable bonds is 4. The number of non-ortho nitro benzene ring substituents is 1. The maximum atomic E-state index is 11.0. The lowest BCUT2D eigenvalue weighted by Crippen LogP contribution is -2.14. The van der Waals surface area contributed by atoms with E-state index in [0.717, 1.165) is 37.3 Å². The molecule has 1 unspecified atom stereocenters. The van der Waals surface area contributed by atoms with E-state index >= 15 is 0 Å². The quantitative estimate of drug-likeness (QED) is 0.684. The van der Waals surface area contributed by atoms with E-state index in [2.05, 4.69) is 10.3 Å². The first-order chi connectivity index (χ1) is 9.75. The van der Waals surface area contributed by atoms with Crippen molar-refractivity contribution in [2.75, 3.05) is 25.1 Å². The minimum Gasteiger partial charge on any atom is -0.384 e. The highest BCUT2D eigenvalue weighted by molar-refractivity contribution is 5.96. The van der Waals surface area contributed by atoms with Crippen molar-refractivity contribution in [1.82, 2.24) is 4.98 Å². The molecule has 20 heavy (non-hydrogen) atoms. The van der Waals surface area contributed by atoms with E-state index in [0.29, 0.717) is 11.4 Å². The molecule has 1 saturated heterocycles. The predicted molar refractivity (Wildman–Crippen MR) is 75.8 cm³/mol. The molecule has 1 aromatic carbocycles. The normalized spacial score (nSPS) is 18.3. The van der Waals surface area contributed by atoms with Crippen molar-refractivity contribution in [1.29, 1.82) is 0 Å². The molecule has 3 rings (SSSR count). The maximum absolute atomic E-state index is 11.0. The van der Waals surface area contributed by atoms with Crippen LogP contribution in [-0.2, 0) is 4.74 Å². The van der Waals surface area contributed by atoms with Gasteiger partial charge in [0.25, 0.3) is 5.69 Å². The van der Waals surface area contributed by atoms with Gasteiger partial charge in [-0.2, -0.15) is 0 Å². The summed E-state index contributed by atoms with van der Waals surface area (Å²) >= 11 is 0. The van der Waals surface area contributed by atoms with Gasteiger partial charge in [-0.3, -0.25) is 10.1 Å². The molecule has 1 N–H and O–H groups in total. The highest BCUT2D eigenvalue weighted by atomic mass is 16.6. The van der Waals surface area contributed by atoms with Gasteiger partial charge in [0.05, 0.1) is 11.5 Å². The van der Waals surface area contributed by atoms with Gasteiger partial charge in [0.15, 0.2) is 0 Å². The van der Waals surface area contributed by atoms with Crippen LogP contribution < -0.4 is 5.32 Å². The smallest absolute Gasteiger partial charge is 0.295 e. The van der Waals surface area contributed by atoms with Crippen molar-refractivity contribution in [2.24, 2.45) is 5.92 Å². The molecule has 0 saturated carbocycles. The molecule has 0 bridgehead atoms. The van der Waals surface area contributed by atoms with Crippen LogP contribution in [0.5, 0.6) is 0 Å². The summed E-state index contributed by atoms with van der Waals surface area (Å²) in [6, 6.07) is 6.86. The van der Waals surface area contributed by atoms with E-state index in [1.165, 1.54) is 6.07 Å². The van der Waals surface area contributed by atoms with Gasteiger partial charge in [-0.1, -0.05) is 12.1 Å². The van der Waals surface area contributed by atoms with Gasteiger partial charge >= 0.3 is 0 Å². The summed E-state index contributed by atoms with van der Waals surface area (Å²) in [7, 11) is 0. The molecule has 1 atom stereocenters. The number of para-hydroxylation sites is 1. The number of hydrogen-bond acceptors (Lipinski definition) is 5. The van der Waals surface area contributed by atoms with Crippen molar-refractivity contribution < 1.29 is 9.66 Å². The van der Waals surface area contributed by atoms with Crippen LogP contribution >= 0.6 is 0 Å². The monoisotopic (exact) mass is 273 g/mol. The Morgan fingerprint density at radius 3 is 3.10 bits per heavy atom. The lowest BCUT2D eigenvalue weighted by atomic mass is 10.1. The summed E-state index contributed by atoms with van der Waals surface area (Å²) in [5.74, 6) is 0.497. The zero-order valence-electron chi connectivity index (χ0n) is 10.9. The third kappa shape index (κ3) is 2.42. The Balaban J connectivity index is 1.90. The third-order valence-electron chi connectivity index (χ3n) is 3.55. The van der Waals surface area contributed by atoms with Crippen molar-refractivity contribution in [3.8, 4) is 0 Å². The molecule has 2 heterocycles. The van der Waals surface area contributed by atoms with Crippen molar-refractivity contribution in [3.05, 3.63) is 40.6 Å². The Hall–Kier alpha value is -2.21. The number of pyridine rings is 1. The second-order valence-electron chi connectivity index (χ2n) is 4.90. The van der Waals surface area contributed by atoms with E-state index in [1.54, 1.807) is 12.3 Å². The summed E-state index contributed by atoms with van der Waals surface area (Å²) in [4.78, 5) is 14.8. The van der Waals surface area contributed by atoms with Gasteiger partial charge in [-0.15, -0.1) is 0 Å². The van der Waals surface area contributed by atoms with Gasteiger partial charge in [-0.05, 0) is 12.5 Å². The first-order valence-electron chi connectivity index (χ1n) is 6.59. The van der Waals surface area contributed by atoms with Gasteiger partial charge in [0.1, 0.15) is 5.52 Å². The Bertz CT molecular complexity index is 639. The first-order valence-corrected chi connectivity index (χ1v) is 6.59. The Labute approximate surface area is 115 Å². The largest absolute Gasteiger partial charge is 0.384 e. The van der Waals surface area contributed by atoms with Crippen molar-refractivity contribution in [2.45, 2.75) is 6.42 Å². The zero-order valence-corrected chi connectivity index (χ0v) is 10.9. The van der Waals surface area contributed by atoms with Crippen LogP contribution in [0.25, 0.3) is 10.9 Å². The Kier molecular flexibility index (Phi) is 3.47. The van der Waals surface area contributed by atoms with Crippen LogP contribution in [0, 0.1) is 16.0 Å². The molecule has 1 aliphatic rings. The van der Waals surface area contributed by atoms with E-state index in [9.17, 15) is 10.1 Å². The van der Waals surface area contributed by atoms with E-state index < -0.39 is 4.92 Å². The van der Waals surface area contributed by atoms with Gasteiger partial charge < -0.3 is 10.1 Å². The molecule has 1 aliphatic heterocycles. The number of hydrogen-bond donors (Lipinski definition) is 1. The van der Waals surface area contributed by atoms with Crippen LogP contribution in [0.15, 0.2) is 30.5 Å². The highest BCUT2D eigenvalue weighted by Crippen LogP contribution is 2.28. The summed E-state index contributed by atoms with van der Waals surface area (Å²) < 4.78 is 5.34. The lowest BCUT2D eigenvalue weighted by Gasteiger charge is -2.12. The van der Waals surface area contributed by atoms with Crippen LogP contribution in [0.1, 0.15) is 6.42 Å². The molecule has 2 aromatic rings. The fraction of sp³-hybridized carbons (Fsp3) is 0.357. The maximum Gasteiger partial charge on any atom is 0.295 e. The molecule has 0 spiro atoms. The van der Waals surface area contributed by atoms with Crippen LogP contribution in [-0.4, -0.2) is 29.7 Å². The molecule has 1 fully saturated rings. The number of fused-ring (bicyclic) bond motifs is 1. The summed E-state index contributed by atoms with van der Waals surface area (Å²) in [6.45, 7) is 2.40. The van der Waals surface area contributed by atoms with Crippen LogP contribution in [0.4, 0.5) is 11.4 Å². The molecule has 6 heteroatoms. The number of benzene rings is 1. The average molecular weight is 273 g/mol. The topological polar surface area (TPSA) is 77.3 Å². The van der Waals surface area contributed by atoms with Crippen LogP contribution in [0.2, 0.25) is 0 Å². The van der Waals surface area contributed by atoms with Gasteiger partial charge in [0, 0.05) is 42.4 Å². The molecule has 104 valence electrons. The number of ether oxygens (including phenoxy) is 1.